The molecule has 10 nitrogen and oxygen atoms in total. The zero-order valence-corrected chi connectivity index (χ0v) is 22.4. The van der Waals surface area contributed by atoms with E-state index in [2.05, 4.69) is 0 Å². The van der Waals surface area contributed by atoms with Crippen molar-refractivity contribution in [2.24, 2.45) is 5.41 Å². The van der Waals surface area contributed by atoms with Gasteiger partial charge in [-0.25, -0.2) is 4.79 Å². The molecule has 200 valence electrons. The highest BCUT2D eigenvalue weighted by Crippen LogP contribution is 2.45. The number of carbonyl (C=O) groups is 2. The number of nitrogens with zero attached hydrogens (tertiary/aromatic N) is 3. The van der Waals surface area contributed by atoms with Gasteiger partial charge in [0.15, 0.2) is 5.50 Å². The minimum Gasteiger partial charge on any atom is -0.497 e. The molecular weight excluding hydrogens is 498 g/mol. The highest BCUT2D eigenvalue weighted by atomic mass is 32.2. The van der Waals surface area contributed by atoms with Crippen LogP contribution in [0.4, 0.5) is 16.2 Å². The van der Waals surface area contributed by atoms with Crippen LogP contribution in [0.2, 0.25) is 0 Å². The lowest BCUT2D eigenvalue weighted by Gasteiger charge is -2.55. The van der Waals surface area contributed by atoms with E-state index >= 15 is 0 Å². The molecule has 37 heavy (non-hydrogen) atoms. The maximum absolute atomic E-state index is 13.3. The van der Waals surface area contributed by atoms with Crippen molar-refractivity contribution in [2.75, 3.05) is 18.6 Å². The average Bonchev–Trinajstić information content (AvgIpc) is 2.87. The summed E-state index contributed by atoms with van der Waals surface area (Å²) in [6, 6.07) is 13.0. The smallest absolute Gasteiger partial charge is 0.412 e. The van der Waals surface area contributed by atoms with E-state index in [1.54, 1.807) is 51.8 Å². The maximum atomic E-state index is 13.3. The van der Waals surface area contributed by atoms with Crippen molar-refractivity contribution in [1.82, 2.24) is 4.90 Å². The molecule has 1 aliphatic heterocycles. The van der Waals surface area contributed by atoms with Crippen LogP contribution in [0.5, 0.6) is 5.75 Å². The van der Waals surface area contributed by atoms with Gasteiger partial charge in [-0.15, -0.1) is 11.8 Å². The monoisotopic (exact) mass is 531 g/mol. The van der Waals surface area contributed by atoms with Crippen LogP contribution in [0.1, 0.15) is 39.7 Å². The zero-order chi connectivity index (χ0) is 27.3. The summed E-state index contributed by atoms with van der Waals surface area (Å²) in [5.41, 5.74) is -0.694. The second kappa shape index (κ2) is 11.7. The number of rotatable bonds is 9. The maximum Gasteiger partial charge on any atom is 0.412 e. The number of non-ortho nitro benzene ring substituents is 1. The highest BCUT2D eigenvalue weighted by Gasteiger charge is 2.55. The lowest BCUT2D eigenvalue weighted by atomic mass is 9.75. The molecule has 3 atom stereocenters. The molecule has 2 aromatic carbocycles. The van der Waals surface area contributed by atoms with Crippen LogP contribution < -0.4 is 9.64 Å². The molecule has 0 aromatic heterocycles. The van der Waals surface area contributed by atoms with Gasteiger partial charge in [0.2, 0.25) is 0 Å². The van der Waals surface area contributed by atoms with Crippen molar-refractivity contribution < 1.29 is 29.1 Å². The number of carbonyl (C=O) groups excluding carboxylic acids is 1. The van der Waals surface area contributed by atoms with Crippen LogP contribution in [0, 0.1) is 15.5 Å². The first kappa shape index (κ1) is 28.1. The third kappa shape index (κ3) is 5.93. The zero-order valence-electron chi connectivity index (χ0n) is 21.6. The van der Waals surface area contributed by atoms with E-state index < -0.39 is 40.0 Å². The Bertz CT molecular complexity index is 1130. The standard InChI is InChI=1S/C26H33N3O7S/c1-6-26(23(30)31)16-27(25(32)36-17(2)3)24(37-15-19-10-12-22(35-5)13-11-19)28(18(26)4)20-8-7-9-21(14-20)29(33)34/h7-14,17-18,24H,6,15-16H2,1-5H3,(H,30,31). The molecule has 1 fully saturated rings. The summed E-state index contributed by atoms with van der Waals surface area (Å²) in [6.07, 6.45) is -0.800. The largest absolute Gasteiger partial charge is 0.497 e. The van der Waals surface area contributed by atoms with Gasteiger partial charge in [0.25, 0.3) is 5.69 Å². The number of nitro groups is 1. The Labute approximate surface area is 220 Å². The molecule has 3 rings (SSSR count). The van der Waals surface area contributed by atoms with Crippen LogP contribution in [0.25, 0.3) is 0 Å². The fourth-order valence-corrected chi connectivity index (χ4v) is 5.87. The van der Waals surface area contributed by atoms with Crippen LogP contribution >= 0.6 is 11.8 Å². The molecule has 0 spiro atoms. The predicted octanol–water partition coefficient (Wildman–Crippen LogP) is 5.36. The fraction of sp³-hybridized carbons (Fsp3) is 0.462. The van der Waals surface area contributed by atoms with Crippen LogP contribution in [0.3, 0.4) is 0 Å². The number of nitro benzene ring substituents is 1. The molecule has 0 aliphatic carbocycles. The number of hydrogen-bond donors (Lipinski definition) is 1. The van der Waals surface area contributed by atoms with Crippen molar-refractivity contribution in [3.05, 3.63) is 64.2 Å². The van der Waals surface area contributed by atoms with Gasteiger partial charge < -0.3 is 19.5 Å². The van der Waals surface area contributed by atoms with Gasteiger partial charge in [0.1, 0.15) is 11.2 Å². The number of anilines is 1. The number of aliphatic carboxylic acids is 1. The number of carboxylic acid groups (broad SMARTS) is 1. The van der Waals surface area contributed by atoms with Gasteiger partial charge in [0.05, 0.1) is 18.1 Å². The van der Waals surface area contributed by atoms with Crippen LogP contribution in [0.15, 0.2) is 48.5 Å². The van der Waals surface area contributed by atoms with E-state index in [4.69, 9.17) is 9.47 Å². The summed E-state index contributed by atoms with van der Waals surface area (Å²) in [5.74, 6) is 0.165. The second-order valence-electron chi connectivity index (χ2n) is 9.22. The Morgan fingerprint density at radius 1 is 1.24 bits per heavy atom. The number of thioether (sulfide) groups is 1. The Morgan fingerprint density at radius 2 is 1.92 bits per heavy atom. The number of ether oxygens (including phenoxy) is 2. The second-order valence-corrected chi connectivity index (χ2v) is 10.3. The third-order valence-corrected chi connectivity index (χ3v) is 7.98. The Balaban J connectivity index is 2.12. The minimum atomic E-state index is -1.32. The Morgan fingerprint density at radius 3 is 2.46 bits per heavy atom. The molecule has 1 aliphatic rings. The molecule has 3 unspecified atom stereocenters. The highest BCUT2D eigenvalue weighted by molar-refractivity contribution is 7.99. The van der Waals surface area contributed by atoms with Crippen molar-refractivity contribution in [3.63, 3.8) is 0 Å². The van der Waals surface area contributed by atoms with E-state index in [1.807, 2.05) is 24.3 Å². The quantitative estimate of drug-likeness (QED) is 0.337. The topological polar surface area (TPSA) is 122 Å². The molecular formula is C26H33N3O7S. The number of hydrogen-bond acceptors (Lipinski definition) is 8. The fourth-order valence-electron chi connectivity index (χ4n) is 4.53. The SMILES string of the molecule is CCC1(C(=O)O)CN(C(=O)OC(C)C)C(SCc2ccc(OC)cc2)N(c2cccc([N+](=O)[O-])c2)C1C. The van der Waals surface area contributed by atoms with E-state index in [9.17, 15) is 24.8 Å². The summed E-state index contributed by atoms with van der Waals surface area (Å²) in [4.78, 5) is 40.3. The molecule has 0 saturated carbocycles. The van der Waals surface area contributed by atoms with E-state index in [-0.39, 0.29) is 18.7 Å². The van der Waals surface area contributed by atoms with Crippen LogP contribution in [-0.4, -0.2) is 58.3 Å². The van der Waals surface area contributed by atoms with E-state index in [0.29, 0.717) is 11.4 Å². The summed E-state index contributed by atoms with van der Waals surface area (Å²) < 4.78 is 10.8. The Kier molecular flexibility index (Phi) is 8.90. The number of methoxy groups -OCH3 is 1. The summed E-state index contributed by atoms with van der Waals surface area (Å²) in [7, 11) is 1.59. The third-order valence-electron chi connectivity index (χ3n) is 6.70. The van der Waals surface area contributed by atoms with E-state index in [0.717, 1.165) is 11.3 Å². The molecule has 1 N–H and O–H groups in total. The van der Waals surface area contributed by atoms with Gasteiger partial charge in [-0.1, -0.05) is 25.1 Å². The number of carboxylic acids is 1. The van der Waals surface area contributed by atoms with Crippen molar-refractivity contribution >= 4 is 35.2 Å². The lowest BCUT2D eigenvalue weighted by Crippen LogP contribution is -2.68. The van der Waals surface area contributed by atoms with Gasteiger partial charge >= 0.3 is 12.1 Å². The molecule has 0 bridgehead atoms. The molecule has 2 aromatic rings. The summed E-state index contributed by atoms with van der Waals surface area (Å²) in [5, 5.41) is 21.9. The predicted molar refractivity (Wildman–Crippen MR) is 142 cm³/mol. The van der Waals surface area contributed by atoms with Gasteiger partial charge in [-0.05, 0) is 51.0 Å². The first-order valence-electron chi connectivity index (χ1n) is 12.0. The average molecular weight is 532 g/mol. The normalized spacial score (nSPS) is 21.6. The van der Waals surface area contributed by atoms with Crippen molar-refractivity contribution in [3.8, 4) is 5.75 Å². The van der Waals surface area contributed by atoms with Crippen molar-refractivity contribution in [1.29, 1.82) is 0 Å². The number of amides is 1. The Hall–Kier alpha value is -3.47. The van der Waals surface area contributed by atoms with E-state index in [1.165, 1.54) is 28.8 Å². The molecule has 11 heteroatoms. The van der Waals surface area contributed by atoms with Gasteiger partial charge in [-0.3, -0.25) is 19.8 Å². The van der Waals surface area contributed by atoms with Crippen LogP contribution in [-0.2, 0) is 15.3 Å². The number of benzene rings is 2. The molecule has 0 radical (unpaired) electrons. The molecule has 1 amide bonds. The molecule has 1 heterocycles. The van der Waals surface area contributed by atoms with Gasteiger partial charge in [-0.2, -0.15) is 0 Å². The minimum absolute atomic E-state index is 0.0583. The summed E-state index contributed by atoms with van der Waals surface area (Å²) in [6.45, 7) is 6.96. The molecule has 1 saturated heterocycles. The first-order chi connectivity index (χ1) is 17.5. The summed E-state index contributed by atoms with van der Waals surface area (Å²) >= 11 is 1.42. The lowest BCUT2D eigenvalue weighted by molar-refractivity contribution is -0.384. The van der Waals surface area contributed by atoms with Gasteiger partial charge in [0, 0.05) is 36.2 Å². The first-order valence-corrected chi connectivity index (χ1v) is 13.1. The van der Waals surface area contributed by atoms with Crippen molar-refractivity contribution in [2.45, 2.75) is 57.5 Å².